The summed E-state index contributed by atoms with van der Waals surface area (Å²) in [5, 5.41) is 6.13. The number of hydrogen-bond acceptors (Lipinski definition) is 4. The summed E-state index contributed by atoms with van der Waals surface area (Å²) in [6.45, 7) is 0. The number of benzene rings is 8. The molecule has 0 saturated carbocycles. The lowest BCUT2D eigenvalue weighted by molar-refractivity contribution is 1.07. The van der Waals surface area contributed by atoms with Crippen molar-refractivity contribution in [2.45, 2.75) is 0 Å². The molecule has 0 saturated heterocycles. The summed E-state index contributed by atoms with van der Waals surface area (Å²) in [6, 6.07) is 68.7. The topological polar surface area (TPSA) is 48.5 Å². The first-order valence-corrected chi connectivity index (χ1v) is 20.6. The van der Waals surface area contributed by atoms with E-state index in [1.165, 1.54) is 47.4 Å². The Labute approximate surface area is 343 Å². The zero-order chi connectivity index (χ0) is 38.9. The van der Waals surface area contributed by atoms with Crippen LogP contribution in [-0.2, 0) is 0 Å². The molecule has 4 aromatic heterocycles. The lowest BCUT2D eigenvalue weighted by Gasteiger charge is -2.15. The second kappa shape index (κ2) is 13.5. The molecule has 0 radical (unpaired) electrons. The molecule has 12 rings (SSSR count). The van der Waals surface area contributed by atoms with Crippen LogP contribution < -0.4 is 0 Å². The zero-order valence-electron chi connectivity index (χ0n) is 31.7. The van der Waals surface area contributed by atoms with E-state index in [9.17, 15) is 0 Å². The molecule has 5 nitrogen and oxygen atoms in total. The fourth-order valence-corrected chi connectivity index (χ4v) is 9.83. The molecule has 0 spiro atoms. The number of aromatic nitrogens is 5. The van der Waals surface area contributed by atoms with Crippen molar-refractivity contribution in [1.29, 1.82) is 0 Å². The van der Waals surface area contributed by atoms with Gasteiger partial charge in [0.05, 0.1) is 21.3 Å². The van der Waals surface area contributed by atoms with Gasteiger partial charge in [-0.3, -0.25) is 0 Å². The Balaban J connectivity index is 1.18. The average molecular weight is 772 g/mol. The molecule has 0 atom stereocenters. The fourth-order valence-electron chi connectivity index (χ4n) is 8.59. The number of thiophene rings is 1. The van der Waals surface area contributed by atoms with Crippen LogP contribution in [0.3, 0.4) is 0 Å². The van der Waals surface area contributed by atoms with Gasteiger partial charge in [0.25, 0.3) is 0 Å². The lowest BCUT2D eigenvalue weighted by atomic mass is 10.0. The van der Waals surface area contributed by atoms with Gasteiger partial charge in [0.1, 0.15) is 0 Å². The molecular weight excluding hydrogens is 739 g/mol. The molecule has 12 aromatic rings. The Bertz CT molecular complexity index is 3480. The van der Waals surface area contributed by atoms with Crippen LogP contribution in [-0.4, -0.2) is 24.1 Å². The van der Waals surface area contributed by atoms with E-state index in [1.54, 1.807) is 0 Å². The third kappa shape index (κ3) is 5.57. The normalized spacial score (nSPS) is 11.7. The van der Waals surface area contributed by atoms with Crippen molar-refractivity contribution < 1.29 is 0 Å². The quantitative estimate of drug-likeness (QED) is 0.169. The van der Waals surface area contributed by atoms with Gasteiger partial charge < -0.3 is 9.13 Å². The monoisotopic (exact) mass is 771 g/mol. The predicted molar refractivity (Wildman–Crippen MR) is 246 cm³/mol. The SMILES string of the molecule is c1ccc(-c2cc(-c3nc(-c4ccccc4)nc(-c4ccccc4)n3)cc(-n3c4cc5ccn(-c6ccccc6)c5cc4c4ccc5c6ccccc6sc5c43)c2)cc1. The Morgan fingerprint density at radius 1 is 0.373 bits per heavy atom. The Hall–Kier alpha value is -7.67. The van der Waals surface area contributed by atoms with Crippen LogP contribution in [0, 0.1) is 0 Å². The number of rotatable bonds is 6. The minimum atomic E-state index is 0.617. The molecule has 59 heavy (non-hydrogen) atoms. The van der Waals surface area contributed by atoms with Crippen LogP contribution in [0.2, 0.25) is 0 Å². The van der Waals surface area contributed by atoms with E-state index in [-0.39, 0.29) is 0 Å². The molecule has 0 aliphatic rings. The number of fused-ring (bicyclic) bond motifs is 8. The zero-order valence-corrected chi connectivity index (χ0v) is 32.5. The van der Waals surface area contributed by atoms with Gasteiger partial charge in [0.2, 0.25) is 0 Å². The number of nitrogens with zero attached hydrogens (tertiary/aromatic N) is 5. The summed E-state index contributed by atoms with van der Waals surface area (Å²) >= 11 is 1.86. The molecule has 0 amide bonds. The number of hydrogen-bond donors (Lipinski definition) is 0. The minimum absolute atomic E-state index is 0.617. The van der Waals surface area contributed by atoms with E-state index in [0.717, 1.165) is 44.7 Å². The summed E-state index contributed by atoms with van der Waals surface area (Å²) in [6.07, 6.45) is 2.18. The summed E-state index contributed by atoms with van der Waals surface area (Å²) < 4.78 is 7.31. The standard InChI is InChI=1S/C53H33N5S/c1-5-15-34(16-6-1)38-29-39(53-55-51(35-17-7-2-8-18-35)54-52(56-53)36-19-9-3-10-20-36)31-41(30-38)58-47-32-37-27-28-57(40-21-11-4-12-22-40)46(37)33-45(47)43-25-26-44-42-23-13-14-24-48(42)59-50(44)49(43)58/h1-33H. The highest BCUT2D eigenvalue weighted by Gasteiger charge is 2.22. The second-order valence-corrected chi connectivity index (χ2v) is 15.9. The van der Waals surface area contributed by atoms with Gasteiger partial charge in [-0.2, -0.15) is 0 Å². The smallest absolute Gasteiger partial charge is 0.164 e. The second-order valence-electron chi connectivity index (χ2n) is 14.9. The third-order valence-electron chi connectivity index (χ3n) is 11.4. The molecule has 276 valence electrons. The Kier molecular flexibility index (Phi) is 7.64. The van der Waals surface area contributed by atoms with Crippen LogP contribution >= 0.6 is 11.3 Å². The third-order valence-corrected chi connectivity index (χ3v) is 12.6. The molecule has 0 unspecified atom stereocenters. The van der Waals surface area contributed by atoms with Crippen LogP contribution in [0.1, 0.15) is 0 Å². The molecule has 0 bridgehead atoms. The van der Waals surface area contributed by atoms with E-state index in [1.807, 2.05) is 47.7 Å². The van der Waals surface area contributed by atoms with Crippen molar-refractivity contribution in [3.05, 3.63) is 200 Å². The highest BCUT2D eigenvalue weighted by molar-refractivity contribution is 7.26. The molecule has 8 aromatic carbocycles. The summed E-state index contributed by atoms with van der Waals surface area (Å²) in [5.41, 5.74) is 10.7. The molecule has 0 N–H and O–H groups in total. The van der Waals surface area contributed by atoms with Crippen LogP contribution in [0.5, 0.6) is 0 Å². The van der Waals surface area contributed by atoms with E-state index in [0.29, 0.717) is 17.5 Å². The number of para-hydroxylation sites is 1. The Morgan fingerprint density at radius 2 is 0.949 bits per heavy atom. The largest absolute Gasteiger partial charge is 0.317 e. The van der Waals surface area contributed by atoms with Gasteiger partial charge >= 0.3 is 0 Å². The highest BCUT2D eigenvalue weighted by Crippen LogP contribution is 2.45. The summed E-state index contributed by atoms with van der Waals surface area (Å²) in [7, 11) is 0. The van der Waals surface area contributed by atoms with Gasteiger partial charge in [-0.25, -0.2) is 15.0 Å². The maximum absolute atomic E-state index is 5.20. The molecule has 0 aliphatic carbocycles. The first-order valence-electron chi connectivity index (χ1n) is 19.8. The summed E-state index contributed by atoms with van der Waals surface area (Å²) in [4.78, 5) is 15.4. The molecule has 0 fully saturated rings. The first-order chi connectivity index (χ1) is 29.2. The Morgan fingerprint density at radius 3 is 1.64 bits per heavy atom. The van der Waals surface area contributed by atoms with E-state index in [2.05, 4.69) is 173 Å². The highest BCUT2D eigenvalue weighted by atomic mass is 32.1. The van der Waals surface area contributed by atoms with Crippen LogP contribution in [0.25, 0.3) is 110 Å². The lowest BCUT2D eigenvalue weighted by Crippen LogP contribution is -2.02. The first kappa shape index (κ1) is 33.5. The van der Waals surface area contributed by atoms with Crippen LogP contribution in [0.15, 0.2) is 200 Å². The van der Waals surface area contributed by atoms with Crippen molar-refractivity contribution in [2.24, 2.45) is 0 Å². The van der Waals surface area contributed by atoms with Crippen molar-refractivity contribution >= 4 is 64.2 Å². The van der Waals surface area contributed by atoms with E-state index >= 15 is 0 Å². The average Bonchev–Trinajstić information content (AvgIpc) is 4.01. The van der Waals surface area contributed by atoms with Crippen LogP contribution in [0.4, 0.5) is 0 Å². The van der Waals surface area contributed by atoms with Crippen molar-refractivity contribution in [1.82, 2.24) is 24.1 Å². The van der Waals surface area contributed by atoms with Gasteiger partial charge in [-0.05, 0) is 65.7 Å². The van der Waals surface area contributed by atoms with Gasteiger partial charge in [-0.1, -0.05) is 140 Å². The minimum Gasteiger partial charge on any atom is -0.317 e. The van der Waals surface area contributed by atoms with Gasteiger partial charge in [-0.15, -0.1) is 11.3 Å². The predicted octanol–water partition coefficient (Wildman–Crippen LogP) is 13.9. The molecule has 6 heteroatoms. The van der Waals surface area contributed by atoms with E-state index < -0.39 is 0 Å². The van der Waals surface area contributed by atoms with Crippen molar-refractivity contribution in [3.63, 3.8) is 0 Å². The van der Waals surface area contributed by atoms with Crippen molar-refractivity contribution in [2.75, 3.05) is 0 Å². The molecule has 4 heterocycles. The van der Waals surface area contributed by atoms with Crippen molar-refractivity contribution in [3.8, 4) is 56.7 Å². The molecule has 0 aliphatic heterocycles. The maximum Gasteiger partial charge on any atom is 0.164 e. The van der Waals surface area contributed by atoms with E-state index in [4.69, 9.17) is 15.0 Å². The fraction of sp³-hybridized carbons (Fsp3) is 0. The van der Waals surface area contributed by atoms with Gasteiger partial charge in [0.15, 0.2) is 17.5 Å². The molecular formula is C53H33N5S. The maximum atomic E-state index is 5.20. The van der Waals surface area contributed by atoms with Gasteiger partial charge in [0, 0.05) is 65.9 Å². The summed E-state index contributed by atoms with van der Waals surface area (Å²) in [5.74, 6) is 1.89.